The lowest BCUT2D eigenvalue weighted by molar-refractivity contribution is -0.384. The topological polar surface area (TPSA) is 136 Å². The number of thiocarbonyl (C=S) groups is 1. The second kappa shape index (κ2) is 9.15. The van der Waals surface area contributed by atoms with Crippen LogP contribution >= 0.6 is 12.2 Å². The van der Waals surface area contributed by atoms with Crippen LogP contribution in [0, 0.1) is 10.1 Å². The quantitative estimate of drug-likeness (QED) is 0.196. The summed E-state index contributed by atoms with van der Waals surface area (Å²) in [5.41, 5.74) is 2.95. The first-order valence-corrected chi connectivity index (χ1v) is 10.6. The summed E-state index contributed by atoms with van der Waals surface area (Å²) in [6.07, 6.45) is 3.33. The van der Waals surface area contributed by atoms with Crippen molar-refractivity contribution < 1.29 is 18.6 Å². The van der Waals surface area contributed by atoms with Crippen molar-refractivity contribution >= 4 is 45.7 Å². The molecule has 35 heavy (non-hydrogen) atoms. The van der Waals surface area contributed by atoms with Crippen molar-refractivity contribution in [1.29, 1.82) is 0 Å². The molecule has 0 radical (unpaired) electrons. The van der Waals surface area contributed by atoms with Crippen LogP contribution < -0.4 is 10.6 Å². The molecule has 0 unspecified atom stereocenters. The number of hydrogen-bond donors (Lipinski definition) is 2. The third-order valence-electron chi connectivity index (χ3n) is 4.95. The zero-order valence-corrected chi connectivity index (χ0v) is 18.6. The molecule has 0 aliphatic heterocycles. The maximum absolute atomic E-state index is 12.6. The largest absolute Gasteiger partial charge is 0.451 e. The van der Waals surface area contributed by atoms with Gasteiger partial charge >= 0.3 is 0 Å². The molecule has 3 heterocycles. The number of carbonyl (C=O) groups excluding carboxylic acids is 1. The average Bonchev–Trinajstić information content (AvgIpc) is 3.52. The summed E-state index contributed by atoms with van der Waals surface area (Å²) in [5.74, 6) is 0.196. The number of non-ortho nitro benzene ring substituents is 1. The van der Waals surface area contributed by atoms with Crippen molar-refractivity contribution in [3.05, 3.63) is 95.0 Å². The number of nitro benzene ring substituents is 1. The minimum Gasteiger partial charge on any atom is -0.451 e. The standard InChI is InChI=1S/C24H15N5O5S/c30-22(21-9-8-19(33-21)14-3-1-5-17(11-14)29(31)32)28-24(35)26-16-6-7-20-18(12-16)27-23(34-20)15-4-2-10-25-13-15/h1-13H,(H2,26,28,30,35). The van der Waals surface area contributed by atoms with Crippen molar-refractivity contribution in [3.63, 3.8) is 0 Å². The summed E-state index contributed by atoms with van der Waals surface area (Å²) < 4.78 is 11.3. The van der Waals surface area contributed by atoms with E-state index in [2.05, 4.69) is 20.6 Å². The molecule has 0 saturated heterocycles. The molecular weight excluding hydrogens is 470 g/mol. The third kappa shape index (κ3) is 4.75. The van der Waals surface area contributed by atoms with Crippen molar-refractivity contribution in [2.75, 3.05) is 5.32 Å². The van der Waals surface area contributed by atoms with E-state index >= 15 is 0 Å². The van der Waals surface area contributed by atoms with Crippen LogP contribution in [0.25, 0.3) is 33.9 Å². The Hall–Kier alpha value is -4.90. The van der Waals surface area contributed by atoms with Gasteiger partial charge in [-0.1, -0.05) is 12.1 Å². The van der Waals surface area contributed by atoms with E-state index in [9.17, 15) is 14.9 Å². The predicted octanol–water partition coefficient (Wildman–Crippen LogP) is 5.18. The van der Waals surface area contributed by atoms with Crippen LogP contribution in [-0.2, 0) is 0 Å². The molecule has 5 aromatic rings. The first-order valence-electron chi connectivity index (χ1n) is 10.2. The van der Waals surface area contributed by atoms with Crippen molar-refractivity contribution in [3.8, 4) is 22.8 Å². The maximum Gasteiger partial charge on any atom is 0.293 e. The van der Waals surface area contributed by atoms with Gasteiger partial charge in [-0.3, -0.25) is 25.2 Å². The monoisotopic (exact) mass is 485 g/mol. The Kier molecular flexibility index (Phi) is 5.73. The molecule has 0 spiro atoms. The number of nitrogens with one attached hydrogen (secondary N) is 2. The van der Waals surface area contributed by atoms with Gasteiger partial charge < -0.3 is 14.2 Å². The Morgan fingerprint density at radius 2 is 1.86 bits per heavy atom. The number of carbonyl (C=O) groups is 1. The minimum atomic E-state index is -0.569. The molecule has 11 heteroatoms. The minimum absolute atomic E-state index is 0.00345. The van der Waals surface area contributed by atoms with Gasteiger partial charge in [0, 0.05) is 35.8 Å². The summed E-state index contributed by atoms with van der Waals surface area (Å²) in [4.78, 5) is 31.6. The number of oxazole rings is 1. The lowest BCUT2D eigenvalue weighted by atomic mass is 10.1. The molecule has 2 N–H and O–H groups in total. The molecule has 172 valence electrons. The van der Waals surface area contributed by atoms with Gasteiger partial charge in [0.25, 0.3) is 11.6 Å². The zero-order chi connectivity index (χ0) is 24.4. The summed E-state index contributed by atoms with van der Waals surface area (Å²) in [6, 6.07) is 17.8. The Bertz CT molecular complexity index is 1580. The number of nitro groups is 1. The van der Waals surface area contributed by atoms with E-state index in [4.69, 9.17) is 21.1 Å². The zero-order valence-electron chi connectivity index (χ0n) is 17.8. The number of furan rings is 1. The highest BCUT2D eigenvalue weighted by molar-refractivity contribution is 7.80. The first-order chi connectivity index (χ1) is 17.0. The van der Waals surface area contributed by atoms with Crippen LogP contribution in [0.1, 0.15) is 10.6 Å². The van der Waals surface area contributed by atoms with Crippen LogP contribution in [0.5, 0.6) is 0 Å². The summed E-state index contributed by atoms with van der Waals surface area (Å²) in [7, 11) is 0. The highest BCUT2D eigenvalue weighted by Crippen LogP contribution is 2.27. The van der Waals surface area contributed by atoms with Crippen molar-refractivity contribution in [1.82, 2.24) is 15.3 Å². The van der Waals surface area contributed by atoms with E-state index in [1.54, 1.807) is 54.9 Å². The molecule has 10 nitrogen and oxygen atoms in total. The molecule has 0 bridgehead atoms. The third-order valence-corrected chi connectivity index (χ3v) is 5.16. The van der Waals surface area contributed by atoms with Crippen molar-refractivity contribution in [2.24, 2.45) is 0 Å². The molecule has 2 aromatic carbocycles. The van der Waals surface area contributed by atoms with E-state index in [0.717, 1.165) is 5.56 Å². The second-order valence-electron chi connectivity index (χ2n) is 7.32. The van der Waals surface area contributed by atoms with Crippen LogP contribution in [0.2, 0.25) is 0 Å². The van der Waals surface area contributed by atoms with Gasteiger partial charge in [0.05, 0.1) is 10.5 Å². The molecule has 3 aromatic heterocycles. The van der Waals surface area contributed by atoms with E-state index in [0.29, 0.717) is 34.0 Å². The number of rotatable bonds is 5. The van der Waals surface area contributed by atoms with E-state index in [1.165, 1.54) is 18.2 Å². The summed E-state index contributed by atoms with van der Waals surface area (Å²) in [6.45, 7) is 0. The Balaban J connectivity index is 1.26. The fourth-order valence-corrected chi connectivity index (χ4v) is 3.54. The van der Waals surface area contributed by atoms with Gasteiger partial charge in [-0.05, 0) is 54.7 Å². The predicted molar refractivity (Wildman–Crippen MR) is 132 cm³/mol. The molecule has 0 aliphatic carbocycles. The van der Waals surface area contributed by atoms with Crippen LogP contribution in [0.3, 0.4) is 0 Å². The number of nitrogens with zero attached hydrogens (tertiary/aromatic N) is 3. The van der Waals surface area contributed by atoms with Gasteiger partial charge in [-0.15, -0.1) is 0 Å². The number of pyridine rings is 1. The second-order valence-corrected chi connectivity index (χ2v) is 7.73. The van der Waals surface area contributed by atoms with E-state index < -0.39 is 10.8 Å². The highest BCUT2D eigenvalue weighted by Gasteiger charge is 2.16. The Morgan fingerprint density at radius 3 is 2.66 bits per heavy atom. The normalized spacial score (nSPS) is 10.7. The van der Waals surface area contributed by atoms with Crippen LogP contribution in [0.15, 0.2) is 88.0 Å². The molecule has 0 saturated carbocycles. The summed E-state index contributed by atoms with van der Waals surface area (Å²) in [5, 5.41) is 16.5. The molecule has 5 rings (SSSR count). The smallest absolute Gasteiger partial charge is 0.293 e. The molecule has 0 aliphatic rings. The van der Waals surface area contributed by atoms with Gasteiger partial charge in [-0.25, -0.2) is 4.98 Å². The first kappa shape index (κ1) is 21.9. The fraction of sp³-hybridized carbons (Fsp3) is 0. The lowest BCUT2D eigenvalue weighted by Crippen LogP contribution is -2.33. The highest BCUT2D eigenvalue weighted by atomic mass is 32.1. The fourth-order valence-electron chi connectivity index (χ4n) is 3.33. The molecular formula is C24H15N5O5S. The summed E-state index contributed by atoms with van der Waals surface area (Å²) >= 11 is 5.25. The number of anilines is 1. The number of hydrogen-bond acceptors (Lipinski definition) is 8. The van der Waals surface area contributed by atoms with Crippen molar-refractivity contribution in [2.45, 2.75) is 0 Å². The van der Waals surface area contributed by atoms with Gasteiger partial charge in [0.2, 0.25) is 5.89 Å². The van der Waals surface area contributed by atoms with Gasteiger partial charge in [0.1, 0.15) is 11.3 Å². The lowest BCUT2D eigenvalue weighted by Gasteiger charge is -2.08. The van der Waals surface area contributed by atoms with Crippen LogP contribution in [-0.4, -0.2) is 25.9 Å². The van der Waals surface area contributed by atoms with E-state index in [1.807, 2.05) is 6.07 Å². The van der Waals surface area contributed by atoms with Crippen LogP contribution in [0.4, 0.5) is 11.4 Å². The molecule has 0 atom stereocenters. The van der Waals surface area contributed by atoms with Gasteiger partial charge in [0.15, 0.2) is 16.5 Å². The Morgan fingerprint density at radius 1 is 1.00 bits per heavy atom. The number of benzene rings is 2. The number of amides is 1. The van der Waals surface area contributed by atoms with E-state index in [-0.39, 0.29) is 16.6 Å². The van der Waals surface area contributed by atoms with Gasteiger partial charge in [-0.2, -0.15) is 0 Å². The average molecular weight is 485 g/mol. The number of aromatic nitrogens is 2. The maximum atomic E-state index is 12.6. The Labute approximate surface area is 202 Å². The number of fused-ring (bicyclic) bond motifs is 1. The SMILES string of the molecule is O=C(NC(=S)Nc1ccc2oc(-c3cccnc3)nc2c1)c1ccc(-c2cccc([N+](=O)[O-])c2)o1. The molecule has 1 amide bonds. The molecule has 0 fully saturated rings.